The summed E-state index contributed by atoms with van der Waals surface area (Å²) in [5, 5.41) is 10.6. The van der Waals surface area contributed by atoms with E-state index in [0.717, 1.165) is 31.6 Å². The standard InChI is InChI=1S/C11H20O2.Na/c1-2-3-4-9-5-7-10(8-6-9)11(12)13;/h9-10H,2-8H2,1H3,(H,12,13);/q;+1/p-1. The normalized spacial score (nSPS) is 26.6. The topological polar surface area (TPSA) is 40.1 Å². The predicted molar refractivity (Wildman–Crippen MR) is 50.0 cm³/mol. The number of carbonyl (C=O) groups is 1. The zero-order valence-electron chi connectivity index (χ0n) is 9.42. The molecular formula is C11H19NaO2. The van der Waals surface area contributed by atoms with Gasteiger partial charge in [-0.05, 0) is 37.5 Å². The smallest absolute Gasteiger partial charge is 0.550 e. The Morgan fingerprint density at radius 1 is 1.29 bits per heavy atom. The first-order chi connectivity index (χ1) is 6.24. The maximum absolute atomic E-state index is 10.6. The van der Waals surface area contributed by atoms with Crippen LogP contribution in [0.1, 0.15) is 51.9 Å². The number of unbranched alkanes of at least 4 members (excludes halogenated alkanes) is 1. The second-order valence-electron chi connectivity index (χ2n) is 4.18. The van der Waals surface area contributed by atoms with Gasteiger partial charge in [0.1, 0.15) is 0 Å². The Hall–Kier alpha value is 0.470. The molecule has 0 N–H and O–H groups in total. The molecule has 0 amide bonds. The Labute approximate surface area is 109 Å². The second-order valence-corrected chi connectivity index (χ2v) is 4.18. The van der Waals surface area contributed by atoms with Crippen molar-refractivity contribution in [2.24, 2.45) is 11.8 Å². The number of hydrogen-bond acceptors (Lipinski definition) is 2. The molecule has 0 aromatic heterocycles. The minimum atomic E-state index is -0.839. The third kappa shape index (κ3) is 4.81. The summed E-state index contributed by atoms with van der Waals surface area (Å²) in [5.74, 6) is -0.206. The molecule has 2 nitrogen and oxygen atoms in total. The number of aliphatic carboxylic acids is 1. The van der Waals surface area contributed by atoms with E-state index in [9.17, 15) is 9.90 Å². The summed E-state index contributed by atoms with van der Waals surface area (Å²) < 4.78 is 0. The van der Waals surface area contributed by atoms with Crippen molar-refractivity contribution in [2.45, 2.75) is 51.9 Å². The number of hydrogen-bond donors (Lipinski definition) is 0. The van der Waals surface area contributed by atoms with E-state index >= 15 is 0 Å². The molecule has 0 spiro atoms. The van der Waals surface area contributed by atoms with Crippen molar-refractivity contribution in [3.05, 3.63) is 0 Å². The summed E-state index contributed by atoms with van der Waals surface area (Å²) in [5.41, 5.74) is 0. The molecule has 3 heteroatoms. The van der Waals surface area contributed by atoms with Crippen LogP contribution in [0, 0.1) is 11.8 Å². The minimum absolute atomic E-state index is 0. The average Bonchev–Trinajstić information content (AvgIpc) is 2.15. The van der Waals surface area contributed by atoms with Gasteiger partial charge < -0.3 is 9.90 Å². The van der Waals surface area contributed by atoms with Crippen LogP contribution in [0.25, 0.3) is 0 Å². The first-order valence-corrected chi connectivity index (χ1v) is 5.45. The second kappa shape index (κ2) is 7.72. The van der Waals surface area contributed by atoms with Gasteiger partial charge in [0, 0.05) is 5.97 Å². The molecule has 76 valence electrons. The maximum Gasteiger partial charge on any atom is 1.00 e. The van der Waals surface area contributed by atoms with Gasteiger partial charge in [-0.3, -0.25) is 0 Å². The molecule has 0 unspecified atom stereocenters. The van der Waals surface area contributed by atoms with Crippen molar-refractivity contribution in [1.29, 1.82) is 0 Å². The Balaban J connectivity index is 0.00000169. The SMILES string of the molecule is CCCCC1CCC(C(=O)[O-])CC1.[Na+]. The molecule has 0 saturated heterocycles. The van der Waals surface area contributed by atoms with Crippen LogP contribution in [0.5, 0.6) is 0 Å². The summed E-state index contributed by atoms with van der Waals surface area (Å²) in [4.78, 5) is 10.6. The third-order valence-corrected chi connectivity index (χ3v) is 3.15. The molecule has 0 aromatic carbocycles. The summed E-state index contributed by atoms with van der Waals surface area (Å²) >= 11 is 0. The van der Waals surface area contributed by atoms with Gasteiger partial charge in [0.2, 0.25) is 0 Å². The first kappa shape index (κ1) is 14.5. The van der Waals surface area contributed by atoms with Gasteiger partial charge >= 0.3 is 29.6 Å². The van der Waals surface area contributed by atoms with Crippen molar-refractivity contribution in [1.82, 2.24) is 0 Å². The molecule has 0 aromatic rings. The molecule has 1 saturated carbocycles. The summed E-state index contributed by atoms with van der Waals surface area (Å²) in [6.45, 7) is 2.20. The van der Waals surface area contributed by atoms with Crippen molar-refractivity contribution in [3.63, 3.8) is 0 Å². The van der Waals surface area contributed by atoms with Crippen molar-refractivity contribution >= 4 is 5.97 Å². The van der Waals surface area contributed by atoms with E-state index in [1.807, 2.05) is 0 Å². The van der Waals surface area contributed by atoms with Crippen LogP contribution in [0.4, 0.5) is 0 Å². The molecule has 14 heavy (non-hydrogen) atoms. The van der Waals surface area contributed by atoms with Crippen molar-refractivity contribution in [3.8, 4) is 0 Å². The Morgan fingerprint density at radius 3 is 2.29 bits per heavy atom. The van der Waals surface area contributed by atoms with Crippen LogP contribution in [0.2, 0.25) is 0 Å². The van der Waals surface area contributed by atoms with Crippen LogP contribution in [-0.4, -0.2) is 5.97 Å². The summed E-state index contributed by atoms with van der Waals surface area (Å²) in [6, 6.07) is 0. The van der Waals surface area contributed by atoms with Crippen LogP contribution >= 0.6 is 0 Å². The van der Waals surface area contributed by atoms with Crippen molar-refractivity contribution in [2.75, 3.05) is 0 Å². The molecule has 1 fully saturated rings. The Morgan fingerprint density at radius 2 is 1.86 bits per heavy atom. The van der Waals surface area contributed by atoms with E-state index in [1.165, 1.54) is 19.3 Å². The fourth-order valence-electron chi connectivity index (χ4n) is 2.18. The van der Waals surface area contributed by atoms with E-state index in [2.05, 4.69) is 6.92 Å². The molecule has 0 aliphatic heterocycles. The Kier molecular flexibility index (Phi) is 7.98. The maximum atomic E-state index is 10.6. The molecular weight excluding hydrogens is 187 g/mol. The van der Waals surface area contributed by atoms with Gasteiger partial charge in [-0.2, -0.15) is 0 Å². The van der Waals surface area contributed by atoms with Gasteiger partial charge in [0.15, 0.2) is 0 Å². The molecule has 0 bridgehead atoms. The first-order valence-electron chi connectivity index (χ1n) is 5.45. The Bertz CT molecular complexity index is 163. The molecule has 0 atom stereocenters. The quantitative estimate of drug-likeness (QED) is 0.538. The van der Waals surface area contributed by atoms with Crippen LogP contribution in [0.15, 0.2) is 0 Å². The molecule has 0 heterocycles. The fraction of sp³-hybridized carbons (Fsp3) is 0.909. The number of rotatable bonds is 4. The largest absolute Gasteiger partial charge is 1.00 e. The number of carboxylic acids is 1. The molecule has 1 aliphatic carbocycles. The van der Waals surface area contributed by atoms with Gasteiger partial charge in [0.05, 0.1) is 0 Å². The van der Waals surface area contributed by atoms with E-state index in [4.69, 9.17) is 0 Å². The third-order valence-electron chi connectivity index (χ3n) is 3.15. The van der Waals surface area contributed by atoms with Crippen LogP contribution in [0.3, 0.4) is 0 Å². The average molecular weight is 206 g/mol. The van der Waals surface area contributed by atoms with E-state index in [0.29, 0.717) is 0 Å². The zero-order chi connectivity index (χ0) is 9.68. The zero-order valence-corrected chi connectivity index (χ0v) is 11.4. The van der Waals surface area contributed by atoms with Gasteiger partial charge in [-0.1, -0.05) is 26.2 Å². The van der Waals surface area contributed by atoms with Gasteiger partial charge in [0.25, 0.3) is 0 Å². The van der Waals surface area contributed by atoms with E-state index in [-0.39, 0.29) is 35.5 Å². The number of carboxylic acid groups (broad SMARTS) is 1. The summed E-state index contributed by atoms with van der Waals surface area (Å²) in [7, 11) is 0. The van der Waals surface area contributed by atoms with Gasteiger partial charge in [-0.25, -0.2) is 0 Å². The fourth-order valence-corrected chi connectivity index (χ4v) is 2.18. The van der Waals surface area contributed by atoms with Crippen LogP contribution in [-0.2, 0) is 4.79 Å². The monoisotopic (exact) mass is 206 g/mol. The van der Waals surface area contributed by atoms with Crippen LogP contribution < -0.4 is 34.7 Å². The van der Waals surface area contributed by atoms with Crippen molar-refractivity contribution < 1.29 is 39.5 Å². The molecule has 1 aliphatic rings. The summed E-state index contributed by atoms with van der Waals surface area (Å²) in [6.07, 6.45) is 7.71. The molecule has 0 radical (unpaired) electrons. The van der Waals surface area contributed by atoms with E-state index < -0.39 is 5.97 Å². The van der Waals surface area contributed by atoms with Gasteiger partial charge in [-0.15, -0.1) is 0 Å². The van der Waals surface area contributed by atoms with E-state index in [1.54, 1.807) is 0 Å². The number of carbonyl (C=O) groups excluding carboxylic acids is 1. The predicted octanol–water partition coefficient (Wildman–Crippen LogP) is -1.26. The minimum Gasteiger partial charge on any atom is -0.550 e. The molecule has 1 rings (SSSR count).